The standard InChI is InChI=1S/C17H26N2O2/c1-3-15(12-14-8-6-5-7-9-14)19-11-10-18-13-16(19)17(20)21-4-2/h5-9,15-16,18H,3-4,10-13H2,1-2H3. The van der Waals surface area contributed by atoms with Gasteiger partial charge in [-0.3, -0.25) is 9.69 Å². The van der Waals surface area contributed by atoms with Gasteiger partial charge in [-0.2, -0.15) is 0 Å². The maximum Gasteiger partial charge on any atom is 0.324 e. The molecule has 4 heteroatoms. The van der Waals surface area contributed by atoms with Gasteiger partial charge in [0, 0.05) is 25.7 Å². The molecule has 1 fully saturated rings. The quantitative estimate of drug-likeness (QED) is 0.812. The Bertz CT molecular complexity index is 436. The van der Waals surface area contributed by atoms with Gasteiger partial charge >= 0.3 is 5.97 Å². The average molecular weight is 290 g/mol. The van der Waals surface area contributed by atoms with Crippen molar-refractivity contribution in [1.29, 1.82) is 0 Å². The van der Waals surface area contributed by atoms with E-state index in [0.717, 1.165) is 25.9 Å². The van der Waals surface area contributed by atoms with E-state index in [9.17, 15) is 4.79 Å². The second-order valence-corrected chi connectivity index (χ2v) is 5.46. The largest absolute Gasteiger partial charge is 0.465 e. The molecule has 4 nitrogen and oxygen atoms in total. The maximum atomic E-state index is 12.2. The highest BCUT2D eigenvalue weighted by atomic mass is 16.5. The van der Waals surface area contributed by atoms with Crippen LogP contribution in [0.15, 0.2) is 30.3 Å². The minimum Gasteiger partial charge on any atom is -0.465 e. The fraction of sp³-hybridized carbons (Fsp3) is 0.588. The molecule has 0 amide bonds. The molecule has 0 saturated carbocycles. The summed E-state index contributed by atoms with van der Waals surface area (Å²) >= 11 is 0. The fourth-order valence-corrected chi connectivity index (χ4v) is 3.00. The molecule has 2 atom stereocenters. The van der Waals surface area contributed by atoms with Gasteiger partial charge in [0.2, 0.25) is 0 Å². The Hall–Kier alpha value is -1.39. The third kappa shape index (κ3) is 4.29. The highest BCUT2D eigenvalue weighted by molar-refractivity contribution is 5.76. The van der Waals surface area contributed by atoms with Gasteiger partial charge in [0.15, 0.2) is 0 Å². The van der Waals surface area contributed by atoms with Crippen molar-refractivity contribution in [2.45, 2.75) is 38.8 Å². The molecular weight excluding hydrogens is 264 g/mol. The number of hydrogen-bond acceptors (Lipinski definition) is 4. The molecule has 21 heavy (non-hydrogen) atoms. The van der Waals surface area contributed by atoms with Gasteiger partial charge in [0.1, 0.15) is 6.04 Å². The van der Waals surface area contributed by atoms with E-state index < -0.39 is 0 Å². The van der Waals surface area contributed by atoms with E-state index in [4.69, 9.17) is 4.74 Å². The van der Waals surface area contributed by atoms with Crippen LogP contribution in [0.4, 0.5) is 0 Å². The number of piperazine rings is 1. The molecule has 0 aliphatic carbocycles. The van der Waals surface area contributed by atoms with Crippen LogP contribution in [-0.2, 0) is 16.0 Å². The van der Waals surface area contributed by atoms with Crippen LogP contribution < -0.4 is 5.32 Å². The zero-order valence-corrected chi connectivity index (χ0v) is 13.0. The first kappa shape index (κ1) is 16.0. The monoisotopic (exact) mass is 290 g/mol. The molecule has 0 bridgehead atoms. The van der Waals surface area contributed by atoms with Gasteiger partial charge in [-0.1, -0.05) is 37.3 Å². The summed E-state index contributed by atoms with van der Waals surface area (Å²) in [6.45, 7) is 7.01. The predicted molar refractivity (Wildman–Crippen MR) is 84.2 cm³/mol. The maximum absolute atomic E-state index is 12.2. The lowest BCUT2D eigenvalue weighted by atomic mass is 9.99. The molecule has 2 rings (SSSR count). The van der Waals surface area contributed by atoms with Crippen LogP contribution in [0, 0.1) is 0 Å². The van der Waals surface area contributed by atoms with Crippen molar-refractivity contribution in [2.24, 2.45) is 0 Å². The van der Waals surface area contributed by atoms with Gasteiger partial charge < -0.3 is 10.1 Å². The molecule has 116 valence electrons. The Kier molecular flexibility index (Phi) is 6.21. The Morgan fingerprint density at radius 2 is 2.14 bits per heavy atom. The highest BCUT2D eigenvalue weighted by Gasteiger charge is 2.33. The summed E-state index contributed by atoms with van der Waals surface area (Å²) in [5, 5.41) is 3.30. The predicted octanol–water partition coefficient (Wildman–Crippen LogP) is 1.84. The number of hydrogen-bond donors (Lipinski definition) is 1. The van der Waals surface area contributed by atoms with E-state index >= 15 is 0 Å². The Morgan fingerprint density at radius 1 is 1.38 bits per heavy atom. The first-order valence-corrected chi connectivity index (χ1v) is 7.93. The van der Waals surface area contributed by atoms with Crippen molar-refractivity contribution in [3.63, 3.8) is 0 Å². The fourth-order valence-electron chi connectivity index (χ4n) is 3.00. The van der Waals surface area contributed by atoms with E-state index in [1.165, 1.54) is 5.56 Å². The van der Waals surface area contributed by atoms with Crippen molar-refractivity contribution >= 4 is 5.97 Å². The summed E-state index contributed by atoms with van der Waals surface area (Å²) in [6.07, 6.45) is 2.01. The van der Waals surface area contributed by atoms with Crippen LogP contribution in [0.5, 0.6) is 0 Å². The molecule has 1 aliphatic heterocycles. The lowest BCUT2D eigenvalue weighted by Gasteiger charge is -2.40. The van der Waals surface area contributed by atoms with Crippen LogP contribution >= 0.6 is 0 Å². The molecule has 0 aromatic heterocycles. The van der Waals surface area contributed by atoms with E-state index in [2.05, 4.69) is 41.4 Å². The number of benzene rings is 1. The summed E-state index contributed by atoms with van der Waals surface area (Å²) < 4.78 is 5.24. The summed E-state index contributed by atoms with van der Waals surface area (Å²) in [6, 6.07) is 10.7. The molecular formula is C17H26N2O2. The van der Waals surface area contributed by atoms with Gasteiger partial charge in [0.25, 0.3) is 0 Å². The lowest BCUT2D eigenvalue weighted by molar-refractivity contribution is -0.151. The third-order valence-corrected chi connectivity index (χ3v) is 4.10. The number of nitrogens with one attached hydrogen (secondary N) is 1. The van der Waals surface area contributed by atoms with Crippen LogP contribution in [0.2, 0.25) is 0 Å². The zero-order valence-electron chi connectivity index (χ0n) is 13.0. The van der Waals surface area contributed by atoms with Crippen molar-refractivity contribution in [1.82, 2.24) is 10.2 Å². The summed E-state index contributed by atoms with van der Waals surface area (Å²) in [5.41, 5.74) is 1.32. The number of carbonyl (C=O) groups is 1. The van der Waals surface area contributed by atoms with Gasteiger partial charge in [-0.25, -0.2) is 0 Å². The SMILES string of the molecule is CCOC(=O)C1CNCCN1C(CC)Cc1ccccc1. The number of esters is 1. The molecule has 1 aromatic rings. The Labute approximate surface area is 127 Å². The molecule has 0 spiro atoms. The second kappa shape index (κ2) is 8.15. The van der Waals surface area contributed by atoms with Crippen molar-refractivity contribution in [3.8, 4) is 0 Å². The number of carbonyl (C=O) groups excluding carboxylic acids is 1. The van der Waals surface area contributed by atoms with Crippen molar-refractivity contribution in [3.05, 3.63) is 35.9 Å². The first-order valence-electron chi connectivity index (χ1n) is 7.93. The number of ether oxygens (including phenoxy) is 1. The van der Waals surface area contributed by atoms with E-state index in [-0.39, 0.29) is 12.0 Å². The summed E-state index contributed by atoms with van der Waals surface area (Å²) in [5.74, 6) is -0.101. The van der Waals surface area contributed by atoms with Crippen LogP contribution in [0.3, 0.4) is 0 Å². The van der Waals surface area contributed by atoms with E-state index in [0.29, 0.717) is 19.2 Å². The lowest BCUT2D eigenvalue weighted by Crippen LogP contribution is -2.59. The van der Waals surface area contributed by atoms with Crippen LogP contribution in [-0.4, -0.2) is 49.2 Å². The number of nitrogens with zero attached hydrogens (tertiary/aromatic N) is 1. The normalized spacial score (nSPS) is 21.0. The summed E-state index contributed by atoms with van der Waals surface area (Å²) in [4.78, 5) is 14.5. The number of rotatable bonds is 6. The zero-order chi connectivity index (χ0) is 15.1. The minimum absolute atomic E-state index is 0.101. The molecule has 2 unspecified atom stereocenters. The molecule has 1 aromatic carbocycles. The minimum atomic E-state index is -0.160. The molecule has 1 saturated heterocycles. The highest BCUT2D eigenvalue weighted by Crippen LogP contribution is 2.17. The van der Waals surface area contributed by atoms with Gasteiger partial charge in [-0.05, 0) is 25.3 Å². The third-order valence-electron chi connectivity index (χ3n) is 4.10. The summed E-state index contributed by atoms with van der Waals surface area (Å²) in [7, 11) is 0. The topological polar surface area (TPSA) is 41.6 Å². The van der Waals surface area contributed by atoms with E-state index in [1.54, 1.807) is 0 Å². The van der Waals surface area contributed by atoms with Gasteiger partial charge in [0.05, 0.1) is 6.61 Å². The Morgan fingerprint density at radius 3 is 2.81 bits per heavy atom. The van der Waals surface area contributed by atoms with E-state index in [1.807, 2.05) is 13.0 Å². The molecule has 1 N–H and O–H groups in total. The second-order valence-electron chi connectivity index (χ2n) is 5.46. The first-order chi connectivity index (χ1) is 10.3. The molecule has 1 heterocycles. The average Bonchev–Trinajstić information content (AvgIpc) is 2.54. The smallest absolute Gasteiger partial charge is 0.324 e. The molecule has 1 aliphatic rings. The van der Waals surface area contributed by atoms with Crippen LogP contribution in [0.25, 0.3) is 0 Å². The van der Waals surface area contributed by atoms with Gasteiger partial charge in [-0.15, -0.1) is 0 Å². The van der Waals surface area contributed by atoms with Crippen molar-refractivity contribution in [2.75, 3.05) is 26.2 Å². The van der Waals surface area contributed by atoms with Crippen molar-refractivity contribution < 1.29 is 9.53 Å². The van der Waals surface area contributed by atoms with Crippen LogP contribution in [0.1, 0.15) is 25.8 Å². The Balaban J connectivity index is 2.08. The molecule has 0 radical (unpaired) electrons.